The van der Waals surface area contributed by atoms with Crippen LogP contribution in [0.2, 0.25) is 0 Å². The maximum absolute atomic E-state index is 11.5. The van der Waals surface area contributed by atoms with Gasteiger partial charge in [0.15, 0.2) is 0 Å². The van der Waals surface area contributed by atoms with Crippen LogP contribution in [0.4, 0.5) is 0 Å². The maximum Gasteiger partial charge on any atom is 0.124 e. The molecule has 0 aliphatic heterocycles. The van der Waals surface area contributed by atoms with Crippen LogP contribution in [0.3, 0.4) is 0 Å². The Morgan fingerprint density at radius 2 is 2.17 bits per heavy atom. The zero-order valence-corrected chi connectivity index (χ0v) is 13.4. The number of nitrogens with two attached hydrogens (primary N) is 1. The van der Waals surface area contributed by atoms with Crippen molar-refractivity contribution < 1.29 is 4.21 Å². The number of hydrogen-bond acceptors (Lipinski definition) is 3. The van der Waals surface area contributed by atoms with E-state index in [4.69, 9.17) is 5.14 Å². The molecule has 4 nitrogen and oxygen atoms in total. The van der Waals surface area contributed by atoms with E-state index in [2.05, 4.69) is 32.8 Å². The lowest BCUT2D eigenvalue weighted by atomic mass is 9.90. The largest absolute Gasteiger partial charge is 0.260 e. The van der Waals surface area contributed by atoms with Crippen molar-refractivity contribution in [2.45, 2.75) is 50.7 Å². The number of hydrogen-bond donors (Lipinski definition) is 1. The zero-order chi connectivity index (χ0) is 13.8. The highest BCUT2D eigenvalue weighted by Crippen LogP contribution is 2.31. The van der Waals surface area contributed by atoms with E-state index in [9.17, 15) is 4.21 Å². The minimum atomic E-state index is -1.34. The summed E-state index contributed by atoms with van der Waals surface area (Å²) >= 11 is 3.33. The van der Waals surface area contributed by atoms with Crippen molar-refractivity contribution >= 4 is 26.9 Å². The monoisotopic (exact) mass is 333 g/mol. The normalized spacial score (nSPS) is 15.4. The molecule has 0 aliphatic rings. The maximum atomic E-state index is 11.5. The van der Waals surface area contributed by atoms with E-state index in [1.165, 1.54) is 0 Å². The van der Waals surface area contributed by atoms with Gasteiger partial charge in [0.2, 0.25) is 0 Å². The smallest absolute Gasteiger partial charge is 0.124 e. The van der Waals surface area contributed by atoms with E-state index >= 15 is 0 Å². The van der Waals surface area contributed by atoms with Gasteiger partial charge in [0.25, 0.3) is 0 Å². The fourth-order valence-corrected chi connectivity index (χ4v) is 2.62. The van der Waals surface area contributed by atoms with E-state index < -0.39 is 15.7 Å². The second-order valence-electron chi connectivity index (χ2n) is 5.01. The molecule has 1 heterocycles. The summed E-state index contributed by atoms with van der Waals surface area (Å²) in [4.78, 5) is 8.60. The third-order valence-corrected chi connectivity index (χ3v) is 4.60. The van der Waals surface area contributed by atoms with Gasteiger partial charge in [-0.05, 0) is 42.6 Å². The lowest BCUT2D eigenvalue weighted by molar-refractivity contribution is 0.480. The summed E-state index contributed by atoms with van der Waals surface area (Å²) in [6.07, 6.45) is 6.23. The molecule has 1 aromatic rings. The highest BCUT2D eigenvalue weighted by Gasteiger charge is 2.29. The first-order chi connectivity index (χ1) is 8.36. The SMILES string of the molecule is CCC[C@H](CC(C)(C)S(N)=O)c1cncc(Br)n1. The van der Waals surface area contributed by atoms with Gasteiger partial charge in [0.05, 0.1) is 27.6 Å². The first-order valence-corrected chi connectivity index (χ1v) is 8.01. The van der Waals surface area contributed by atoms with Crippen LogP contribution in [-0.2, 0) is 11.0 Å². The molecule has 0 spiro atoms. The minimum absolute atomic E-state index is 0.238. The van der Waals surface area contributed by atoms with Gasteiger partial charge in [0, 0.05) is 12.1 Å². The molecule has 18 heavy (non-hydrogen) atoms. The Kier molecular flexibility index (Phi) is 5.88. The van der Waals surface area contributed by atoms with Crippen molar-refractivity contribution in [2.24, 2.45) is 5.14 Å². The molecule has 2 N–H and O–H groups in total. The van der Waals surface area contributed by atoms with Crippen LogP contribution in [0.25, 0.3) is 0 Å². The van der Waals surface area contributed by atoms with Crippen LogP contribution < -0.4 is 5.14 Å². The number of rotatable bonds is 6. The highest BCUT2D eigenvalue weighted by molar-refractivity contribution is 9.10. The fourth-order valence-electron chi connectivity index (χ4n) is 1.93. The third-order valence-electron chi connectivity index (χ3n) is 2.96. The van der Waals surface area contributed by atoms with Gasteiger partial charge >= 0.3 is 0 Å². The standard InChI is InChI=1S/C12H20BrN3OS/c1-4-5-9(6-12(2,3)18(14)17)10-7-15-8-11(13)16-10/h7-9H,4-6,14H2,1-3H3/t9-,18?/m1/s1. The molecule has 0 saturated heterocycles. The molecule has 0 aliphatic carbocycles. The zero-order valence-electron chi connectivity index (χ0n) is 11.0. The lowest BCUT2D eigenvalue weighted by Gasteiger charge is -2.26. The van der Waals surface area contributed by atoms with Gasteiger partial charge in [0.1, 0.15) is 4.60 Å². The molecule has 2 atom stereocenters. The van der Waals surface area contributed by atoms with Crippen LogP contribution in [0.1, 0.15) is 51.6 Å². The second-order valence-corrected chi connectivity index (χ2v) is 7.53. The molecule has 1 unspecified atom stereocenters. The summed E-state index contributed by atoms with van der Waals surface area (Å²) in [6, 6.07) is 0. The molecule has 0 aromatic carbocycles. The predicted molar refractivity (Wildman–Crippen MR) is 78.4 cm³/mol. The third kappa shape index (κ3) is 4.40. The Balaban J connectivity index is 2.93. The van der Waals surface area contributed by atoms with E-state index in [1.54, 1.807) is 12.4 Å². The van der Waals surface area contributed by atoms with Crippen LogP contribution >= 0.6 is 15.9 Å². The van der Waals surface area contributed by atoms with Gasteiger partial charge in [-0.2, -0.15) is 0 Å². The van der Waals surface area contributed by atoms with Crippen molar-refractivity contribution in [3.05, 3.63) is 22.7 Å². The molecule has 0 fully saturated rings. The molecule has 102 valence electrons. The van der Waals surface area contributed by atoms with Crippen molar-refractivity contribution in [2.75, 3.05) is 0 Å². The Morgan fingerprint density at radius 3 is 2.67 bits per heavy atom. The van der Waals surface area contributed by atoms with Gasteiger partial charge < -0.3 is 0 Å². The quantitative estimate of drug-likeness (QED) is 0.870. The summed E-state index contributed by atoms with van der Waals surface area (Å²) < 4.78 is 11.9. The summed E-state index contributed by atoms with van der Waals surface area (Å²) in [5.41, 5.74) is 0.935. The number of aromatic nitrogens is 2. The van der Waals surface area contributed by atoms with Gasteiger partial charge in [-0.3, -0.25) is 10.1 Å². The predicted octanol–water partition coefficient (Wildman–Crippen LogP) is 2.91. The molecule has 1 aromatic heterocycles. The van der Waals surface area contributed by atoms with Gasteiger partial charge in [-0.1, -0.05) is 13.3 Å². The van der Waals surface area contributed by atoms with Crippen molar-refractivity contribution in [1.29, 1.82) is 0 Å². The molecule has 1 rings (SSSR count). The molecule has 0 saturated carbocycles. The average molecular weight is 334 g/mol. The summed E-state index contributed by atoms with van der Waals surface area (Å²) in [5, 5.41) is 5.55. The van der Waals surface area contributed by atoms with Crippen molar-refractivity contribution in [3.63, 3.8) is 0 Å². The van der Waals surface area contributed by atoms with E-state index in [-0.39, 0.29) is 5.92 Å². The van der Waals surface area contributed by atoms with Crippen LogP contribution in [0.5, 0.6) is 0 Å². The Bertz CT molecular complexity index is 426. The van der Waals surface area contributed by atoms with Gasteiger partial charge in [-0.15, -0.1) is 0 Å². The Hall–Kier alpha value is -0.330. The Labute approximate surface area is 120 Å². The van der Waals surface area contributed by atoms with Crippen LogP contribution in [0.15, 0.2) is 17.0 Å². The molecular weight excluding hydrogens is 314 g/mol. The Morgan fingerprint density at radius 1 is 1.50 bits per heavy atom. The first kappa shape index (κ1) is 15.7. The molecule has 0 bridgehead atoms. The number of nitrogens with zero attached hydrogens (tertiary/aromatic N) is 2. The molecular formula is C12H20BrN3OS. The fraction of sp³-hybridized carbons (Fsp3) is 0.667. The lowest BCUT2D eigenvalue weighted by Crippen LogP contribution is -2.33. The first-order valence-electron chi connectivity index (χ1n) is 6.00. The average Bonchev–Trinajstić information content (AvgIpc) is 2.28. The molecule has 0 amide bonds. The topological polar surface area (TPSA) is 68.9 Å². The minimum Gasteiger partial charge on any atom is -0.260 e. The summed E-state index contributed by atoms with van der Waals surface area (Å²) in [7, 11) is -1.34. The molecule has 0 radical (unpaired) electrons. The van der Waals surface area contributed by atoms with Gasteiger partial charge in [-0.25, -0.2) is 9.19 Å². The van der Waals surface area contributed by atoms with Crippen molar-refractivity contribution in [1.82, 2.24) is 9.97 Å². The van der Waals surface area contributed by atoms with E-state index in [1.807, 2.05) is 13.8 Å². The van der Waals surface area contributed by atoms with Crippen molar-refractivity contribution in [3.8, 4) is 0 Å². The highest BCUT2D eigenvalue weighted by atomic mass is 79.9. The van der Waals surface area contributed by atoms with E-state index in [0.29, 0.717) is 0 Å². The second kappa shape index (κ2) is 6.73. The summed E-state index contributed by atoms with van der Waals surface area (Å²) in [6.45, 7) is 5.99. The van der Waals surface area contributed by atoms with Crippen LogP contribution in [-0.4, -0.2) is 18.9 Å². The number of halogens is 1. The van der Waals surface area contributed by atoms with E-state index in [0.717, 1.165) is 29.6 Å². The molecule has 6 heteroatoms. The van der Waals surface area contributed by atoms with Crippen LogP contribution in [0, 0.1) is 0 Å². The summed E-state index contributed by atoms with van der Waals surface area (Å²) in [5.74, 6) is 0.238.